The van der Waals surface area contributed by atoms with E-state index in [1.165, 1.54) is 5.56 Å². The van der Waals surface area contributed by atoms with Crippen LogP contribution in [0.1, 0.15) is 24.8 Å². The van der Waals surface area contributed by atoms with Crippen LogP contribution in [0.15, 0.2) is 12.4 Å². The zero-order chi connectivity index (χ0) is 13.3. The zero-order valence-electron chi connectivity index (χ0n) is 11.6. The first-order chi connectivity index (χ1) is 9.17. The molecule has 0 bridgehead atoms. The summed E-state index contributed by atoms with van der Waals surface area (Å²) >= 11 is 0. The van der Waals surface area contributed by atoms with Gasteiger partial charge in [-0.1, -0.05) is 0 Å². The lowest BCUT2D eigenvalue weighted by Crippen LogP contribution is -2.39. The largest absolute Gasteiger partial charge is 0.342 e. The van der Waals surface area contributed by atoms with Gasteiger partial charge in [-0.3, -0.25) is 9.48 Å². The Morgan fingerprint density at radius 2 is 2.21 bits per heavy atom. The minimum absolute atomic E-state index is 0.261. The Balaban J connectivity index is 1.58. The summed E-state index contributed by atoms with van der Waals surface area (Å²) in [5.41, 5.74) is 1.47. The third kappa shape index (κ3) is 2.66. The molecule has 0 aromatic carbocycles. The first-order valence-electron chi connectivity index (χ1n) is 7.13. The average molecular weight is 262 g/mol. The van der Waals surface area contributed by atoms with Crippen LogP contribution in [0.5, 0.6) is 0 Å². The molecular weight excluding hydrogens is 240 g/mol. The molecule has 2 aliphatic rings. The molecule has 2 saturated heterocycles. The molecule has 3 heterocycles. The Morgan fingerprint density at radius 1 is 1.42 bits per heavy atom. The van der Waals surface area contributed by atoms with Crippen LogP contribution in [0.4, 0.5) is 0 Å². The third-order valence-corrected chi connectivity index (χ3v) is 4.50. The molecule has 1 spiro atoms. The summed E-state index contributed by atoms with van der Waals surface area (Å²) in [5.74, 6) is 0.339. The predicted molar refractivity (Wildman–Crippen MR) is 72.6 cm³/mol. The predicted octanol–water partition coefficient (Wildman–Crippen LogP) is 0.565. The van der Waals surface area contributed by atoms with Gasteiger partial charge in [0.2, 0.25) is 5.91 Å². The Morgan fingerprint density at radius 3 is 2.89 bits per heavy atom. The number of carbonyl (C=O) groups is 1. The van der Waals surface area contributed by atoms with Crippen LogP contribution >= 0.6 is 0 Å². The van der Waals surface area contributed by atoms with Crippen LogP contribution in [-0.4, -0.2) is 46.8 Å². The third-order valence-electron chi connectivity index (χ3n) is 4.50. The van der Waals surface area contributed by atoms with Crippen molar-refractivity contribution >= 4 is 5.91 Å². The Kier molecular flexibility index (Phi) is 3.31. The van der Waals surface area contributed by atoms with Gasteiger partial charge in [0.25, 0.3) is 0 Å². The van der Waals surface area contributed by atoms with Crippen LogP contribution in [0.2, 0.25) is 0 Å². The van der Waals surface area contributed by atoms with Gasteiger partial charge < -0.3 is 10.2 Å². The lowest BCUT2D eigenvalue weighted by molar-refractivity contribution is -0.127. The highest BCUT2D eigenvalue weighted by molar-refractivity contribution is 5.79. The highest BCUT2D eigenvalue weighted by Crippen LogP contribution is 2.39. The van der Waals surface area contributed by atoms with E-state index in [1.807, 2.05) is 24.1 Å². The normalized spacial score (nSPS) is 22.4. The molecule has 19 heavy (non-hydrogen) atoms. The maximum absolute atomic E-state index is 12.2. The number of hydrogen-bond acceptors (Lipinski definition) is 3. The fourth-order valence-corrected chi connectivity index (χ4v) is 3.34. The summed E-state index contributed by atoms with van der Waals surface area (Å²) in [7, 11) is 1.93. The smallest absolute Gasteiger partial charge is 0.223 e. The highest BCUT2D eigenvalue weighted by atomic mass is 16.2. The maximum atomic E-state index is 12.2. The standard InChI is InChI=1S/C14H22N4O/c1-17-10-12(9-16-17)2-7-18-11-14(8-13(18)19)3-5-15-6-4-14/h9-10,15H,2-8,11H2,1H3. The number of aryl methyl sites for hydroxylation is 1. The van der Waals surface area contributed by atoms with Crippen molar-refractivity contribution in [2.75, 3.05) is 26.2 Å². The molecule has 0 radical (unpaired) electrons. The highest BCUT2D eigenvalue weighted by Gasteiger charge is 2.43. The van der Waals surface area contributed by atoms with E-state index in [9.17, 15) is 4.79 Å². The van der Waals surface area contributed by atoms with Gasteiger partial charge >= 0.3 is 0 Å². The summed E-state index contributed by atoms with van der Waals surface area (Å²) in [6.45, 7) is 3.90. The molecule has 3 rings (SSSR count). The van der Waals surface area contributed by atoms with Crippen LogP contribution in [0.3, 0.4) is 0 Å². The molecule has 0 aliphatic carbocycles. The molecule has 2 aliphatic heterocycles. The van der Waals surface area contributed by atoms with E-state index < -0.39 is 0 Å². The molecule has 1 amide bonds. The molecule has 5 heteroatoms. The van der Waals surface area contributed by atoms with Crippen LogP contribution in [0.25, 0.3) is 0 Å². The van der Waals surface area contributed by atoms with Gasteiger partial charge in [-0.2, -0.15) is 5.10 Å². The maximum Gasteiger partial charge on any atom is 0.223 e. The molecule has 1 aromatic heterocycles. The van der Waals surface area contributed by atoms with Crippen LogP contribution in [-0.2, 0) is 18.3 Å². The van der Waals surface area contributed by atoms with E-state index in [0.29, 0.717) is 5.91 Å². The minimum atomic E-state index is 0.261. The number of rotatable bonds is 3. The van der Waals surface area contributed by atoms with Gasteiger partial charge in [0.15, 0.2) is 0 Å². The monoisotopic (exact) mass is 262 g/mol. The molecule has 1 N–H and O–H groups in total. The van der Waals surface area contributed by atoms with E-state index in [0.717, 1.165) is 51.9 Å². The summed E-state index contributed by atoms with van der Waals surface area (Å²) in [6, 6.07) is 0. The fraction of sp³-hybridized carbons (Fsp3) is 0.714. The van der Waals surface area contributed by atoms with Crippen LogP contribution in [0, 0.1) is 5.41 Å². The first-order valence-corrected chi connectivity index (χ1v) is 7.13. The van der Waals surface area contributed by atoms with E-state index in [-0.39, 0.29) is 5.41 Å². The van der Waals surface area contributed by atoms with Crippen molar-refractivity contribution in [2.24, 2.45) is 12.5 Å². The van der Waals surface area contributed by atoms with E-state index in [2.05, 4.69) is 15.3 Å². The van der Waals surface area contributed by atoms with Gasteiger partial charge in [0, 0.05) is 32.8 Å². The fourth-order valence-electron chi connectivity index (χ4n) is 3.34. The molecular formula is C14H22N4O. The quantitative estimate of drug-likeness (QED) is 0.866. The van der Waals surface area contributed by atoms with Crippen molar-refractivity contribution in [3.63, 3.8) is 0 Å². The van der Waals surface area contributed by atoms with Gasteiger partial charge in [0.1, 0.15) is 0 Å². The average Bonchev–Trinajstić information content (AvgIpc) is 2.93. The minimum Gasteiger partial charge on any atom is -0.342 e. The van der Waals surface area contributed by atoms with E-state index >= 15 is 0 Å². The van der Waals surface area contributed by atoms with Crippen molar-refractivity contribution in [1.29, 1.82) is 0 Å². The number of nitrogens with zero attached hydrogens (tertiary/aromatic N) is 3. The van der Waals surface area contributed by atoms with E-state index in [1.54, 1.807) is 0 Å². The number of hydrogen-bond donors (Lipinski definition) is 1. The van der Waals surface area contributed by atoms with Gasteiger partial charge in [0.05, 0.1) is 6.20 Å². The second-order valence-corrected chi connectivity index (χ2v) is 6.01. The Bertz CT molecular complexity index is 462. The molecule has 104 valence electrons. The number of piperidine rings is 1. The topological polar surface area (TPSA) is 50.2 Å². The summed E-state index contributed by atoms with van der Waals surface area (Å²) in [4.78, 5) is 14.2. The van der Waals surface area contributed by atoms with Gasteiger partial charge in [-0.15, -0.1) is 0 Å². The summed E-state index contributed by atoms with van der Waals surface area (Å²) < 4.78 is 1.81. The second-order valence-electron chi connectivity index (χ2n) is 6.01. The Labute approximate surface area is 114 Å². The molecule has 0 unspecified atom stereocenters. The lowest BCUT2D eigenvalue weighted by Gasteiger charge is -2.33. The zero-order valence-corrected chi connectivity index (χ0v) is 11.6. The summed E-state index contributed by atoms with van der Waals surface area (Å²) in [5, 5.41) is 7.55. The van der Waals surface area contributed by atoms with Crippen molar-refractivity contribution in [1.82, 2.24) is 20.0 Å². The lowest BCUT2D eigenvalue weighted by atomic mass is 9.78. The van der Waals surface area contributed by atoms with Crippen molar-refractivity contribution in [3.05, 3.63) is 18.0 Å². The van der Waals surface area contributed by atoms with E-state index in [4.69, 9.17) is 0 Å². The number of aromatic nitrogens is 2. The SMILES string of the molecule is Cn1cc(CCN2CC3(CCNCC3)CC2=O)cn1. The van der Waals surface area contributed by atoms with Crippen molar-refractivity contribution in [2.45, 2.75) is 25.7 Å². The molecule has 0 saturated carbocycles. The number of likely N-dealkylation sites (tertiary alicyclic amines) is 1. The molecule has 1 aromatic rings. The second kappa shape index (κ2) is 4.96. The Hall–Kier alpha value is -1.36. The van der Waals surface area contributed by atoms with Gasteiger partial charge in [-0.25, -0.2) is 0 Å². The van der Waals surface area contributed by atoms with Crippen molar-refractivity contribution < 1.29 is 4.79 Å². The summed E-state index contributed by atoms with van der Waals surface area (Å²) in [6.07, 6.45) is 7.86. The van der Waals surface area contributed by atoms with Crippen LogP contribution < -0.4 is 5.32 Å². The number of nitrogens with one attached hydrogen (secondary N) is 1. The number of carbonyl (C=O) groups excluding carboxylic acids is 1. The first kappa shape index (κ1) is 12.7. The molecule has 0 atom stereocenters. The van der Waals surface area contributed by atoms with Crippen molar-refractivity contribution in [3.8, 4) is 0 Å². The molecule has 5 nitrogen and oxygen atoms in total. The van der Waals surface area contributed by atoms with Gasteiger partial charge in [-0.05, 0) is 43.3 Å². The molecule has 2 fully saturated rings. The number of amides is 1.